The normalized spacial score (nSPS) is 12.1. The summed E-state index contributed by atoms with van der Waals surface area (Å²) in [5.41, 5.74) is 1.10. The van der Waals surface area contributed by atoms with E-state index in [0.717, 1.165) is 10.4 Å². The number of amides is 1. The van der Waals surface area contributed by atoms with Crippen molar-refractivity contribution in [2.75, 3.05) is 18.6 Å². The molecular weight excluding hydrogens is 354 g/mol. The molecule has 3 aromatic rings. The van der Waals surface area contributed by atoms with Crippen LogP contribution in [0.3, 0.4) is 0 Å². The molecule has 2 aromatic heterocycles. The summed E-state index contributed by atoms with van der Waals surface area (Å²) in [6, 6.07) is 13.8. The standard InChI is InChI=1S/C17H19N5OS2/c1-12(13-7-4-3-5-8-13)21(2)15(23)11-25-17-20-19-16(22(17)18)14-9-6-10-24-14/h3-10,12H,11,18H2,1-2H3. The zero-order valence-electron chi connectivity index (χ0n) is 14.0. The number of aromatic nitrogens is 3. The lowest BCUT2D eigenvalue weighted by atomic mass is 10.1. The van der Waals surface area contributed by atoms with Gasteiger partial charge in [0.2, 0.25) is 11.1 Å². The Kier molecular flexibility index (Phi) is 5.40. The van der Waals surface area contributed by atoms with E-state index in [0.29, 0.717) is 11.0 Å². The number of nitrogen functional groups attached to an aromatic ring is 1. The van der Waals surface area contributed by atoms with Crippen LogP contribution in [0.5, 0.6) is 0 Å². The molecule has 0 saturated heterocycles. The Hall–Kier alpha value is -2.32. The highest BCUT2D eigenvalue weighted by atomic mass is 32.2. The molecule has 0 fully saturated rings. The lowest BCUT2D eigenvalue weighted by molar-refractivity contribution is -0.128. The maximum atomic E-state index is 12.5. The fourth-order valence-electron chi connectivity index (χ4n) is 2.35. The predicted octanol–water partition coefficient (Wildman–Crippen LogP) is 3.03. The smallest absolute Gasteiger partial charge is 0.233 e. The van der Waals surface area contributed by atoms with Crippen LogP contribution < -0.4 is 5.84 Å². The van der Waals surface area contributed by atoms with Crippen LogP contribution >= 0.6 is 23.1 Å². The second kappa shape index (κ2) is 7.71. The highest BCUT2D eigenvalue weighted by molar-refractivity contribution is 7.99. The molecule has 2 N–H and O–H groups in total. The quantitative estimate of drug-likeness (QED) is 0.531. The Labute approximate surface area is 154 Å². The zero-order chi connectivity index (χ0) is 17.8. The van der Waals surface area contributed by atoms with Gasteiger partial charge in [-0.2, -0.15) is 0 Å². The maximum absolute atomic E-state index is 12.5. The number of thiophene rings is 1. The van der Waals surface area contributed by atoms with Gasteiger partial charge < -0.3 is 10.7 Å². The minimum absolute atomic E-state index is 0.00623. The van der Waals surface area contributed by atoms with Crippen molar-refractivity contribution in [3.8, 4) is 10.7 Å². The van der Waals surface area contributed by atoms with Gasteiger partial charge >= 0.3 is 0 Å². The van der Waals surface area contributed by atoms with Crippen LogP contribution in [0.15, 0.2) is 53.0 Å². The number of rotatable bonds is 6. The van der Waals surface area contributed by atoms with E-state index in [4.69, 9.17) is 5.84 Å². The Morgan fingerprint density at radius 2 is 2.04 bits per heavy atom. The Bertz CT molecular complexity index is 832. The molecule has 3 rings (SSSR count). The van der Waals surface area contributed by atoms with Crippen LogP contribution in [-0.2, 0) is 4.79 Å². The summed E-state index contributed by atoms with van der Waals surface area (Å²) >= 11 is 2.84. The summed E-state index contributed by atoms with van der Waals surface area (Å²) in [7, 11) is 1.81. The second-order valence-electron chi connectivity index (χ2n) is 5.53. The van der Waals surface area contributed by atoms with Crippen molar-refractivity contribution in [1.29, 1.82) is 0 Å². The zero-order valence-corrected chi connectivity index (χ0v) is 15.6. The van der Waals surface area contributed by atoms with Crippen molar-refractivity contribution in [3.05, 3.63) is 53.4 Å². The first-order valence-corrected chi connectivity index (χ1v) is 9.62. The van der Waals surface area contributed by atoms with Gasteiger partial charge in [-0.25, -0.2) is 4.68 Å². The van der Waals surface area contributed by atoms with E-state index in [1.807, 2.05) is 61.8 Å². The van der Waals surface area contributed by atoms with E-state index in [2.05, 4.69) is 10.2 Å². The van der Waals surface area contributed by atoms with E-state index in [1.54, 1.807) is 16.2 Å². The van der Waals surface area contributed by atoms with Gasteiger partial charge in [-0.05, 0) is 23.9 Å². The van der Waals surface area contributed by atoms with E-state index in [1.165, 1.54) is 16.4 Å². The number of hydrogen-bond acceptors (Lipinski definition) is 6. The molecule has 1 aromatic carbocycles. The first kappa shape index (κ1) is 17.5. The predicted molar refractivity (Wildman–Crippen MR) is 102 cm³/mol. The van der Waals surface area contributed by atoms with Crippen LogP contribution in [0, 0.1) is 0 Å². The molecule has 1 atom stereocenters. The van der Waals surface area contributed by atoms with Crippen LogP contribution in [0.2, 0.25) is 0 Å². The van der Waals surface area contributed by atoms with E-state index in [-0.39, 0.29) is 17.7 Å². The molecule has 0 aliphatic rings. The molecule has 0 bridgehead atoms. The van der Waals surface area contributed by atoms with Gasteiger partial charge in [-0.3, -0.25) is 4.79 Å². The summed E-state index contributed by atoms with van der Waals surface area (Å²) in [6.07, 6.45) is 0. The topological polar surface area (TPSA) is 77.0 Å². The molecule has 0 aliphatic heterocycles. The lowest BCUT2D eigenvalue weighted by Gasteiger charge is -2.25. The molecule has 0 radical (unpaired) electrons. The van der Waals surface area contributed by atoms with Crippen molar-refractivity contribution in [1.82, 2.24) is 19.8 Å². The Morgan fingerprint density at radius 1 is 1.28 bits per heavy atom. The number of benzene rings is 1. The van der Waals surface area contributed by atoms with Crippen molar-refractivity contribution in [2.24, 2.45) is 0 Å². The van der Waals surface area contributed by atoms with Gasteiger partial charge in [0.05, 0.1) is 16.7 Å². The fraction of sp³-hybridized carbons (Fsp3) is 0.235. The number of hydrogen-bond donors (Lipinski definition) is 1. The van der Waals surface area contributed by atoms with Gasteiger partial charge in [0.1, 0.15) is 0 Å². The molecule has 8 heteroatoms. The number of nitrogens with two attached hydrogens (primary N) is 1. The molecular formula is C17H19N5OS2. The van der Waals surface area contributed by atoms with Crippen LogP contribution in [0.25, 0.3) is 10.7 Å². The van der Waals surface area contributed by atoms with Gasteiger partial charge in [-0.1, -0.05) is 48.2 Å². The Morgan fingerprint density at radius 3 is 2.72 bits per heavy atom. The third-order valence-electron chi connectivity index (χ3n) is 3.99. The fourth-order valence-corrected chi connectivity index (χ4v) is 3.83. The van der Waals surface area contributed by atoms with Gasteiger partial charge in [-0.15, -0.1) is 21.5 Å². The maximum Gasteiger partial charge on any atom is 0.233 e. The number of thioether (sulfide) groups is 1. The second-order valence-corrected chi connectivity index (χ2v) is 7.42. The molecule has 1 amide bonds. The molecule has 0 saturated carbocycles. The minimum atomic E-state index is 0.00623. The molecule has 1 unspecified atom stereocenters. The number of nitrogens with zero attached hydrogens (tertiary/aromatic N) is 4. The van der Waals surface area contributed by atoms with Crippen molar-refractivity contribution < 1.29 is 4.79 Å². The van der Waals surface area contributed by atoms with Gasteiger partial charge in [0, 0.05) is 7.05 Å². The summed E-state index contributed by atoms with van der Waals surface area (Å²) in [4.78, 5) is 15.2. The number of carbonyl (C=O) groups excluding carboxylic acids is 1. The average Bonchev–Trinajstić information content (AvgIpc) is 3.29. The van der Waals surface area contributed by atoms with Crippen molar-refractivity contribution >= 4 is 29.0 Å². The lowest BCUT2D eigenvalue weighted by Crippen LogP contribution is -2.31. The van der Waals surface area contributed by atoms with Crippen molar-refractivity contribution in [3.63, 3.8) is 0 Å². The first-order chi connectivity index (χ1) is 12.1. The molecule has 0 spiro atoms. The molecule has 0 aliphatic carbocycles. The third kappa shape index (κ3) is 3.85. The highest BCUT2D eigenvalue weighted by Crippen LogP contribution is 2.26. The monoisotopic (exact) mass is 373 g/mol. The van der Waals surface area contributed by atoms with Crippen LogP contribution in [-0.4, -0.2) is 38.5 Å². The molecule has 130 valence electrons. The van der Waals surface area contributed by atoms with Gasteiger partial charge in [0.15, 0.2) is 5.82 Å². The van der Waals surface area contributed by atoms with Crippen LogP contribution in [0.1, 0.15) is 18.5 Å². The van der Waals surface area contributed by atoms with E-state index < -0.39 is 0 Å². The highest BCUT2D eigenvalue weighted by Gasteiger charge is 2.19. The molecule has 25 heavy (non-hydrogen) atoms. The third-order valence-corrected chi connectivity index (χ3v) is 5.78. The SMILES string of the molecule is CC(c1ccccc1)N(C)C(=O)CSc1nnc(-c2cccs2)n1N. The average molecular weight is 374 g/mol. The largest absolute Gasteiger partial charge is 0.338 e. The first-order valence-electron chi connectivity index (χ1n) is 7.75. The summed E-state index contributed by atoms with van der Waals surface area (Å²) in [6.45, 7) is 2.01. The van der Waals surface area contributed by atoms with Gasteiger partial charge in [0.25, 0.3) is 0 Å². The summed E-state index contributed by atoms with van der Waals surface area (Å²) < 4.78 is 1.43. The molecule has 2 heterocycles. The summed E-state index contributed by atoms with van der Waals surface area (Å²) in [5, 5.41) is 10.7. The van der Waals surface area contributed by atoms with Crippen molar-refractivity contribution in [2.45, 2.75) is 18.1 Å². The summed E-state index contributed by atoms with van der Waals surface area (Å²) in [5.74, 6) is 6.94. The Balaban J connectivity index is 1.63. The van der Waals surface area contributed by atoms with Crippen LogP contribution in [0.4, 0.5) is 0 Å². The van der Waals surface area contributed by atoms with E-state index in [9.17, 15) is 4.79 Å². The van der Waals surface area contributed by atoms with E-state index >= 15 is 0 Å². The number of carbonyl (C=O) groups is 1. The minimum Gasteiger partial charge on any atom is -0.338 e. The molecule has 6 nitrogen and oxygen atoms in total.